The van der Waals surface area contributed by atoms with Crippen LogP contribution >= 0.6 is 0 Å². The molecule has 1 aliphatic rings. The summed E-state index contributed by atoms with van der Waals surface area (Å²) in [7, 11) is 4.36. The third-order valence-electron chi connectivity index (χ3n) is 6.01. The zero-order valence-corrected chi connectivity index (χ0v) is 16.6. The zero-order chi connectivity index (χ0) is 19.3. The summed E-state index contributed by atoms with van der Waals surface area (Å²) in [5.74, 6) is 0. The standard InChI is InChI=1S/C26H24N2/c1-18-9-4-6-11-21(18)23-13-8-14-24(27(23)2)25-16-15-20-17-19-10-5-7-12-22(19)26(20)28(25)3/h4-16H,17H2,1-3H3/q+2. The van der Waals surface area contributed by atoms with E-state index in [-0.39, 0.29) is 0 Å². The first kappa shape index (κ1) is 16.9. The van der Waals surface area contributed by atoms with Crippen LogP contribution in [-0.2, 0) is 20.5 Å². The van der Waals surface area contributed by atoms with E-state index < -0.39 is 0 Å². The number of nitrogens with zero attached hydrogens (tertiary/aromatic N) is 2. The molecule has 2 nitrogen and oxygen atoms in total. The van der Waals surface area contributed by atoms with E-state index in [1.165, 1.54) is 50.6 Å². The van der Waals surface area contributed by atoms with Gasteiger partial charge in [0.2, 0.25) is 11.4 Å². The third kappa shape index (κ3) is 2.49. The first-order valence-electron chi connectivity index (χ1n) is 9.81. The van der Waals surface area contributed by atoms with Gasteiger partial charge in [0, 0.05) is 41.3 Å². The van der Waals surface area contributed by atoms with Crippen LogP contribution in [0.4, 0.5) is 0 Å². The van der Waals surface area contributed by atoms with E-state index in [1.54, 1.807) is 0 Å². The second kappa shape index (κ2) is 6.42. The Morgan fingerprint density at radius 1 is 0.571 bits per heavy atom. The average Bonchev–Trinajstić information content (AvgIpc) is 3.09. The van der Waals surface area contributed by atoms with E-state index in [0.29, 0.717) is 0 Å². The van der Waals surface area contributed by atoms with Crippen LogP contribution in [0.2, 0.25) is 0 Å². The first-order chi connectivity index (χ1) is 13.6. The van der Waals surface area contributed by atoms with Crippen LogP contribution in [0, 0.1) is 6.92 Å². The molecule has 0 amide bonds. The smallest absolute Gasteiger partial charge is 0.189 e. The monoisotopic (exact) mass is 364 g/mol. The summed E-state index contributed by atoms with van der Waals surface area (Å²) in [4.78, 5) is 0. The van der Waals surface area contributed by atoms with E-state index in [4.69, 9.17) is 0 Å². The lowest BCUT2D eigenvalue weighted by Gasteiger charge is -2.08. The summed E-state index contributed by atoms with van der Waals surface area (Å²) >= 11 is 0. The summed E-state index contributed by atoms with van der Waals surface area (Å²) < 4.78 is 4.67. The molecular weight excluding hydrogens is 340 g/mol. The lowest BCUT2D eigenvalue weighted by molar-refractivity contribution is -0.679. The minimum Gasteiger partial charge on any atom is -0.189 e. The Morgan fingerprint density at radius 2 is 1.25 bits per heavy atom. The molecule has 1 aliphatic carbocycles. The second-order valence-corrected chi connectivity index (χ2v) is 7.66. The van der Waals surface area contributed by atoms with Gasteiger partial charge in [-0.1, -0.05) is 36.4 Å². The molecule has 0 saturated heterocycles. The predicted octanol–water partition coefficient (Wildman–Crippen LogP) is 4.55. The molecule has 0 atom stereocenters. The maximum absolute atomic E-state index is 2.36. The quantitative estimate of drug-likeness (QED) is 0.406. The molecule has 2 heteroatoms. The van der Waals surface area contributed by atoms with Crippen molar-refractivity contribution in [3.63, 3.8) is 0 Å². The second-order valence-electron chi connectivity index (χ2n) is 7.66. The van der Waals surface area contributed by atoms with E-state index in [9.17, 15) is 0 Å². The number of fused-ring (bicyclic) bond motifs is 3. The van der Waals surface area contributed by atoms with Gasteiger partial charge >= 0.3 is 0 Å². The fourth-order valence-electron chi connectivity index (χ4n) is 4.54. The topological polar surface area (TPSA) is 7.76 Å². The average molecular weight is 364 g/mol. The molecule has 0 unspecified atom stereocenters. The van der Waals surface area contributed by atoms with Crippen LogP contribution in [0.25, 0.3) is 33.9 Å². The van der Waals surface area contributed by atoms with Crippen LogP contribution in [0.15, 0.2) is 78.9 Å². The molecule has 0 aliphatic heterocycles. The molecule has 2 aromatic heterocycles. The first-order valence-corrected chi connectivity index (χ1v) is 9.81. The largest absolute Gasteiger partial charge is 0.277 e. The van der Waals surface area contributed by atoms with Crippen LogP contribution in [0.1, 0.15) is 16.7 Å². The highest BCUT2D eigenvalue weighted by molar-refractivity contribution is 5.72. The Kier molecular flexibility index (Phi) is 3.87. The van der Waals surface area contributed by atoms with Crippen LogP contribution in [-0.4, -0.2) is 0 Å². The zero-order valence-electron chi connectivity index (χ0n) is 16.6. The molecule has 0 radical (unpaired) electrons. The van der Waals surface area contributed by atoms with Crippen LogP contribution < -0.4 is 9.13 Å². The molecule has 0 bridgehead atoms. The van der Waals surface area contributed by atoms with Gasteiger partial charge in [-0.05, 0) is 42.3 Å². The van der Waals surface area contributed by atoms with Crippen molar-refractivity contribution in [1.82, 2.24) is 0 Å². The minimum atomic E-state index is 1.02. The van der Waals surface area contributed by atoms with Crippen molar-refractivity contribution >= 4 is 0 Å². The summed E-state index contributed by atoms with van der Waals surface area (Å²) in [6.45, 7) is 2.17. The number of pyridine rings is 2. The fraction of sp³-hybridized carbons (Fsp3) is 0.154. The van der Waals surface area contributed by atoms with Crippen molar-refractivity contribution in [1.29, 1.82) is 0 Å². The highest BCUT2D eigenvalue weighted by atomic mass is 15.0. The van der Waals surface area contributed by atoms with Crippen molar-refractivity contribution in [2.45, 2.75) is 13.3 Å². The van der Waals surface area contributed by atoms with Crippen molar-refractivity contribution in [3.05, 3.63) is 95.6 Å². The van der Waals surface area contributed by atoms with Crippen LogP contribution in [0.5, 0.6) is 0 Å². The molecule has 0 N–H and O–H groups in total. The van der Waals surface area contributed by atoms with E-state index in [0.717, 1.165) is 6.42 Å². The van der Waals surface area contributed by atoms with E-state index in [1.807, 2.05) is 0 Å². The van der Waals surface area contributed by atoms with Gasteiger partial charge in [0.1, 0.15) is 14.1 Å². The number of hydrogen-bond acceptors (Lipinski definition) is 0. The van der Waals surface area contributed by atoms with Crippen molar-refractivity contribution in [3.8, 4) is 33.9 Å². The normalized spacial score (nSPS) is 12.0. The predicted molar refractivity (Wildman–Crippen MR) is 113 cm³/mol. The molecule has 4 aromatic rings. The Morgan fingerprint density at radius 3 is 2.07 bits per heavy atom. The number of aryl methyl sites for hydroxylation is 1. The summed E-state index contributed by atoms with van der Waals surface area (Å²) in [6.07, 6.45) is 1.02. The minimum absolute atomic E-state index is 1.02. The molecule has 2 aromatic carbocycles. The Balaban J connectivity index is 1.71. The van der Waals surface area contributed by atoms with Gasteiger partial charge < -0.3 is 0 Å². The number of rotatable bonds is 2. The molecular formula is C26H24N2+2. The van der Waals surface area contributed by atoms with Gasteiger partial charge in [-0.3, -0.25) is 0 Å². The highest BCUT2D eigenvalue weighted by Crippen LogP contribution is 2.34. The Labute approximate surface area is 166 Å². The van der Waals surface area contributed by atoms with Gasteiger partial charge in [-0.15, -0.1) is 0 Å². The number of aromatic nitrogens is 2. The number of hydrogen-bond donors (Lipinski definition) is 0. The van der Waals surface area contributed by atoms with Gasteiger partial charge in [0.15, 0.2) is 0 Å². The van der Waals surface area contributed by atoms with Crippen molar-refractivity contribution in [2.24, 2.45) is 14.1 Å². The third-order valence-corrected chi connectivity index (χ3v) is 6.01. The van der Waals surface area contributed by atoms with E-state index >= 15 is 0 Å². The van der Waals surface area contributed by atoms with Crippen molar-refractivity contribution in [2.75, 3.05) is 0 Å². The lowest BCUT2D eigenvalue weighted by atomic mass is 10.0. The summed E-state index contributed by atoms with van der Waals surface area (Å²) in [5, 5.41) is 0. The Bertz CT molecular complexity index is 1220. The molecule has 0 spiro atoms. The van der Waals surface area contributed by atoms with Gasteiger partial charge in [0.25, 0.3) is 11.4 Å². The molecule has 0 fully saturated rings. The molecule has 28 heavy (non-hydrogen) atoms. The maximum Gasteiger partial charge on any atom is 0.277 e. The lowest BCUT2D eigenvalue weighted by Crippen LogP contribution is -2.41. The van der Waals surface area contributed by atoms with Gasteiger partial charge in [0.05, 0.1) is 0 Å². The number of benzene rings is 2. The maximum atomic E-state index is 2.36. The van der Waals surface area contributed by atoms with Gasteiger partial charge in [-0.25, -0.2) is 0 Å². The summed E-state index contributed by atoms with van der Waals surface area (Å²) in [5.41, 5.74) is 11.8. The molecule has 5 rings (SSSR count). The van der Waals surface area contributed by atoms with Crippen LogP contribution in [0.3, 0.4) is 0 Å². The fourth-order valence-corrected chi connectivity index (χ4v) is 4.54. The van der Waals surface area contributed by atoms with E-state index in [2.05, 4.69) is 109 Å². The molecule has 136 valence electrons. The Hall–Kier alpha value is -3.26. The molecule has 0 saturated carbocycles. The summed E-state index contributed by atoms with van der Waals surface area (Å²) in [6, 6.07) is 28.5. The van der Waals surface area contributed by atoms with Gasteiger partial charge in [-0.2, -0.15) is 9.13 Å². The van der Waals surface area contributed by atoms with Crippen molar-refractivity contribution < 1.29 is 9.13 Å². The SMILES string of the molecule is Cc1ccccc1-c1cccc(-c2ccc3c([n+]2C)-c2ccccc2C3)[n+]1C. The molecule has 2 heterocycles. The highest BCUT2D eigenvalue weighted by Gasteiger charge is 2.31.